The fourth-order valence-corrected chi connectivity index (χ4v) is 1.44. The van der Waals surface area contributed by atoms with Crippen LogP contribution in [0.25, 0.3) is 0 Å². The van der Waals surface area contributed by atoms with Crippen LogP contribution in [-0.4, -0.2) is 9.55 Å². The van der Waals surface area contributed by atoms with E-state index < -0.39 is 0 Å². The first-order valence-corrected chi connectivity index (χ1v) is 4.49. The molecule has 2 nitrogen and oxygen atoms in total. The van der Waals surface area contributed by atoms with Crippen LogP contribution in [0.4, 0.5) is 0 Å². The summed E-state index contributed by atoms with van der Waals surface area (Å²) in [6.45, 7) is 1.11. The Labute approximate surface area is 71.2 Å². The van der Waals surface area contributed by atoms with E-state index in [-0.39, 0.29) is 0 Å². The van der Waals surface area contributed by atoms with Crippen molar-refractivity contribution in [3.05, 3.63) is 18.2 Å². The predicted octanol–water partition coefficient (Wildman–Crippen LogP) is 2.03. The highest BCUT2D eigenvalue weighted by Gasteiger charge is 2.22. The highest BCUT2D eigenvalue weighted by molar-refractivity contribution is 6.16. The van der Waals surface area contributed by atoms with Gasteiger partial charge < -0.3 is 4.57 Å². The SMILES string of the molecule is ClCc1nccn1CC1CC1. The Morgan fingerprint density at radius 1 is 1.64 bits per heavy atom. The average molecular weight is 171 g/mol. The molecule has 1 aromatic heterocycles. The normalized spacial score (nSPS) is 17.2. The maximum Gasteiger partial charge on any atom is 0.123 e. The minimum atomic E-state index is 0.528. The maximum absolute atomic E-state index is 5.69. The Bertz CT molecular complexity index is 240. The molecule has 2 rings (SSSR count). The molecule has 0 radical (unpaired) electrons. The molecule has 0 aromatic carbocycles. The molecule has 60 valence electrons. The highest BCUT2D eigenvalue weighted by atomic mass is 35.5. The first-order chi connectivity index (χ1) is 5.40. The van der Waals surface area contributed by atoms with Crippen LogP contribution in [0.3, 0.4) is 0 Å². The van der Waals surface area contributed by atoms with Crippen molar-refractivity contribution in [2.45, 2.75) is 25.3 Å². The molecule has 1 aliphatic carbocycles. The van der Waals surface area contributed by atoms with Crippen molar-refractivity contribution in [2.75, 3.05) is 0 Å². The summed E-state index contributed by atoms with van der Waals surface area (Å²) in [4.78, 5) is 4.15. The molecule has 0 aliphatic heterocycles. The van der Waals surface area contributed by atoms with E-state index in [1.807, 2.05) is 12.4 Å². The lowest BCUT2D eigenvalue weighted by atomic mass is 10.4. The second-order valence-electron chi connectivity index (χ2n) is 3.07. The summed E-state index contributed by atoms with van der Waals surface area (Å²) in [5.41, 5.74) is 0. The third-order valence-corrected chi connectivity index (χ3v) is 2.31. The van der Waals surface area contributed by atoms with Crippen molar-refractivity contribution in [1.82, 2.24) is 9.55 Å². The van der Waals surface area contributed by atoms with Crippen molar-refractivity contribution >= 4 is 11.6 Å². The monoisotopic (exact) mass is 170 g/mol. The summed E-state index contributed by atoms with van der Waals surface area (Å²) in [6.07, 6.45) is 6.58. The molecular weight excluding hydrogens is 160 g/mol. The second-order valence-corrected chi connectivity index (χ2v) is 3.34. The van der Waals surface area contributed by atoms with E-state index >= 15 is 0 Å². The zero-order valence-electron chi connectivity index (χ0n) is 6.33. The summed E-state index contributed by atoms with van der Waals surface area (Å²) in [7, 11) is 0. The van der Waals surface area contributed by atoms with Crippen LogP contribution < -0.4 is 0 Å². The van der Waals surface area contributed by atoms with E-state index in [9.17, 15) is 0 Å². The van der Waals surface area contributed by atoms with E-state index in [0.29, 0.717) is 5.88 Å². The largest absolute Gasteiger partial charge is 0.334 e. The quantitative estimate of drug-likeness (QED) is 0.635. The molecule has 1 aliphatic rings. The van der Waals surface area contributed by atoms with E-state index in [4.69, 9.17) is 11.6 Å². The third-order valence-electron chi connectivity index (χ3n) is 2.07. The van der Waals surface area contributed by atoms with Gasteiger partial charge in [0.25, 0.3) is 0 Å². The summed E-state index contributed by atoms with van der Waals surface area (Å²) >= 11 is 5.69. The molecule has 3 heteroatoms. The molecular formula is C8H11ClN2. The highest BCUT2D eigenvalue weighted by Crippen LogP contribution is 2.30. The van der Waals surface area contributed by atoms with Gasteiger partial charge in [-0.3, -0.25) is 0 Å². The number of nitrogens with zero attached hydrogens (tertiary/aromatic N) is 2. The smallest absolute Gasteiger partial charge is 0.123 e. The van der Waals surface area contributed by atoms with Crippen LogP contribution in [0.15, 0.2) is 12.4 Å². The number of rotatable bonds is 3. The number of hydrogen-bond donors (Lipinski definition) is 0. The minimum absolute atomic E-state index is 0.528. The van der Waals surface area contributed by atoms with Gasteiger partial charge in [-0.15, -0.1) is 11.6 Å². The summed E-state index contributed by atoms with van der Waals surface area (Å²) in [5.74, 6) is 2.42. The summed E-state index contributed by atoms with van der Waals surface area (Å²) in [5, 5.41) is 0. The summed E-state index contributed by atoms with van der Waals surface area (Å²) < 4.78 is 2.16. The zero-order valence-corrected chi connectivity index (χ0v) is 7.09. The standard InChI is InChI=1S/C8H11ClN2/c9-5-8-10-3-4-11(8)6-7-1-2-7/h3-4,7H,1-2,5-6H2. The van der Waals surface area contributed by atoms with Gasteiger partial charge in [-0.05, 0) is 18.8 Å². The Morgan fingerprint density at radius 3 is 3.09 bits per heavy atom. The number of halogens is 1. The van der Waals surface area contributed by atoms with Gasteiger partial charge in [-0.1, -0.05) is 0 Å². The van der Waals surface area contributed by atoms with E-state index in [1.165, 1.54) is 12.8 Å². The van der Waals surface area contributed by atoms with Gasteiger partial charge in [0, 0.05) is 18.9 Å². The van der Waals surface area contributed by atoms with Crippen LogP contribution in [0, 0.1) is 5.92 Å². The molecule has 0 saturated heterocycles. The van der Waals surface area contributed by atoms with Crippen molar-refractivity contribution < 1.29 is 0 Å². The third kappa shape index (κ3) is 1.56. The van der Waals surface area contributed by atoms with E-state index in [0.717, 1.165) is 18.3 Å². The molecule has 1 saturated carbocycles. The first kappa shape index (κ1) is 7.17. The van der Waals surface area contributed by atoms with Crippen LogP contribution in [-0.2, 0) is 12.4 Å². The van der Waals surface area contributed by atoms with E-state index in [1.54, 1.807) is 0 Å². The number of hydrogen-bond acceptors (Lipinski definition) is 1. The molecule has 1 heterocycles. The predicted molar refractivity (Wildman–Crippen MR) is 44.5 cm³/mol. The molecule has 1 aromatic rings. The Kier molecular flexibility index (Phi) is 1.86. The van der Waals surface area contributed by atoms with Crippen molar-refractivity contribution in [2.24, 2.45) is 5.92 Å². The lowest BCUT2D eigenvalue weighted by Crippen LogP contribution is -2.02. The molecule has 0 bridgehead atoms. The Balaban J connectivity index is 2.07. The van der Waals surface area contributed by atoms with Crippen molar-refractivity contribution in [3.8, 4) is 0 Å². The maximum atomic E-state index is 5.69. The molecule has 11 heavy (non-hydrogen) atoms. The lowest BCUT2D eigenvalue weighted by Gasteiger charge is -2.02. The number of imidazole rings is 1. The molecule has 0 amide bonds. The summed E-state index contributed by atoms with van der Waals surface area (Å²) in [6, 6.07) is 0. The molecule has 0 spiro atoms. The van der Waals surface area contributed by atoms with Gasteiger partial charge in [0.15, 0.2) is 0 Å². The van der Waals surface area contributed by atoms with Gasteiger partial charge in [0.1, 0.15) is 5.82 Å². The number of alkyl halides is 1. The molecule has 0 N–H and O–H groups in total. The first-order valence-electron chi connectivity index (χ1n) is 3.96. The molecule has 0 unspecified atom stereocenters. The van der Waals surface area contributed by atoms with Crippen LogP contribution in [0.2, 0.25) is 0 Å². The van der Waals surface area contributed by atoms with Gasteiger partial charge in [0.05, 0.1) is 5.88 Å². The Hall–Kier alpha value is -0.500. The number of aromatic nitrogens is 2. The van der Waals surface area contributed by atoms with Crippen molar-refractivity contribution in [1.29, 1.82) is 0 Å². The lowest BCUT2D eigenvalue weighted by molar-refractivity contribution is 0.607. The zero-order chi connectivity index (χ0) is 7.68. The van der Waals surface area contributed by atoms with Gasteiger partial charge in [0.2, 0.25) is 0 Å². The van der Waals surface area contributed by atoms with Crippen LogP contribution >= 0.6 is 11.6 Å². The minimum Gasteiger partial charge on any atom is -0.334 e. The second kappa shape index (κ2) is 2.86. The van der Waals surface area contributed by atoms with E-state index in [2.05, 4.69) is 9.55 Å². The fourth-order valence-electron chi connectivity index (χ4n) is 1.22. The van der Waals surface area contributed by atoms with Gasteiger partial charge >= 0.3 is 0 Å². The van der Waals surface area contributed by atoms with Crippen molar-refractivity contribution in [3.63, 3.8) is 0 Å². The topological polar surface area (TPSA) is 17.8 Å². The average Bonchev–Trinajstić information content (AvgIpc) is 2.68. The van der Waals surface area contributed by atoms with Crippen LogP contribution in [0.5, 0.6) is 0 Å². The molecule has 0 atom stereocenters. The molecule has 1 fully saturated rings. The van der Waals surface area contributed by atoms with Gasteiger partial charge in [-0.2, -0.15) is 0 Å². The van der Waals surface area contributed by atoms with Crippen LogP contribution in [0.1, 0.15) is 18.7 Å². The van der Waals surface area contributed by atoms with Gasteiger partial charge in [-0.25, -0.2) is 4.98 Å². The fraction of sp³-hybridized carbons (Fsp3) is 0.625. The Morgan fingerprint density at radius 2 is 2.45 bits per heavy atom.